The molecule has 4 aliphatic carbocycles. The smallest absolute Gasteiger partial charge is 0.258 e. The van der Waals surface area contributed by atoms with Crippen molar-refractivity contribution in [3.05, 3.63) is 57.5 Å². The number of hydrogen-bond acceptors (Lipinski definition) is 5. The second kappa shape index (κ2) is 7.73. The van der Waals surface area contributed by atoms with E-state index in [1.165, 1.54) is 30.6 Å². The van der Waals surface area contributed by atoms with Crippen LogP contribution < -0.4 is 10.9 Å². The third-order valence-corrected chi connectivity index (χ3v) is 9.57. The van der Waals surface area contributed by atoms with Crippen LogP contribution in [0.2, 0.25) is 0 Å². The van der Waals surface area contributed by atoms with E-state index in [9.17, 15) is 9.59 Å². The Morgan fingerprint density at radius 1 is 1.19 bits per heavy atom. The average Bonchev–Trinajstić information content (AvgIpc) is 3.13. The van der Waals surface area contributed by atoms with Gasteiger partial charge >= 0.3 is 0 Å². The fraction of sp³-hybridized carbons (Fsp3) is 0.480. The Morgan fingerprint density at radius 2 is 1.88 bits per heavy atom. The number of nitrogens with zero attached hydrogens (tertiary/aromatic N) is 2. The molecule has 1 amide bonds. The molecule has 3 aromatic rings. The second-order valence-electron chi connectivity index (χ2n) is 10.0. The number of thioether (sulfide) groups is 1. The summed E-state index contributed by atoms with van der Waals surface area (Å²) in [5, 5.41) is 3.30. The Hall–Kier alpha value is -2.12. The summed E-state index contributed by atoms with van der Waals surface area (Å²) in [6.07, 6.45) is 9.03. The van der Waals surface area contributed by atoms with Crippen LogP contribution in [0.5, 0.6) is 0 Å². The molecule has 4 saturated carbocycles. The van der Waals surface area contributed by atoms with Gasteiger partial charge in [0.15, 0.2) is 4.96 Å². The number of anilines is 1. The summed E-state index contributed by atoms with van der Waals surface area (Å²) >= 11 is 3.15. The van der Waals surface area contributed by atoms with Gasteiger partial charge in [0, 0.05) is 27.8 Å². The molecular weight excluding hydrogens is 438 g/mol. The minimum Gasteiger partial charge on any atom is -0.325 e. The zero-order chi connectivity index (χ0) is 21.9. The number of hydrogen-bond donors (Lipinski definition) is 1. The molecule has 5 nitrogen and oxygen atoms in total. The molecular formula is C25H27N3O2S2. The Bertz CT molecular complexity index is 1230. The predicted molar refractivity (Wildman–Crippen MR) is 129 cm³/mol. The fourth-order valence-corrected chi connectivity index (χ4v) is 8.37. The van der Waals surface area contributed by atoms with E-state index in [1.54, 1.807) is 22.2 Å². The lowest BCUT2D eigenvalue weighted by molar-refractivity contribution is -0.140. The van der Waals surface area contributed by atoms with E-state index < -0.39 is 0 Å². The van der Waals surface area contributed by atoms with Crippen LogP contribution in [0.1, 0.15) is 49.1 Å². The lowest BCUT2D eigenvalue weighted by Crippen LogP contribution is -2.51. The first kappa shape index (κ1) is 20.5. The highest BCUT2D eigenvalue weighted by atomic mass is 32.2. The highest BCUT2D eigenvalue weighted by Crippen LogP contribution is 2.60. The molecule has 166 valence electrons. The number of nitrogens with one attached hydrogen (secondary N) is 1. The minimum absolute atomic E-state index is 0.0432. The predicted octanol–water partition coefficient (Wildman–Crippen LogP) is 5.51. The maximum Gasteiger partial charge on any atom is 0.258 e. The van der Waals surface area contributed by atoms with Gasteiger partial charge in [0.1, 0.15) is 0 Å². The maximum atomic E-state index is 13.5. The van der Waals surface area contributed by atoms with E-state index in [1.807, 2.05) is 37.4 Å². The maximum absolute atomic E-state index is 13.5. The number of amides is 1. The number of thiazole rings is 1. The van der Waals surface area contributed by atoms with Crippen LogP contribution in [0, 0.1) is 30.1 Å². The zero-order valence-electron chi connectivity index (χ0n) is 18.2. The van der Waals surface area contributed by atoms with Gasteiger partial charge in [0.2, 0.25) is 5.91 Å². The molecule has 7 rings (SSSR count). The Balaban J connectivity index is 1.20. The van der Waals surface area contributed by atoms with Crippen molar-refractivity contribution >= 4 is 39.7 Å². The zero-order valence-corrected chi connectivity index (χ0v) is 19.8. The number of aryl methyl sites for hydroxylation is 1. The third-order valence-electron chi connectivity index (χ3n) is 7.57. The molecule has 0 radical (unpaired) electrons. The number of benzene rings is 1. The molecule has 4 bridgehead atoms. The molecule has 0 saturated heterocycles. The second-order valence-corrected chi connectivity index (χ2v) is 12.2. The van der Waals surface area contributed by atoms with Gasteiger partial charge in [-0.05, 0) is 75.3 Å². The summed E-state index contributed by atoms with van der Waals surface area (Å²) < 4.78 is 1.60. The van der Waals surface area contributed by atoms with Crippen molar-refractivity contribution in [1.82, 2.24) is 9.38 Å². The lowest BCUT2D eigenvalue weighted by Gasteiger charge is -2.55. The van der Waals surface area contributed by atoms with E-state index in [4.69, 9.17) is 0 Å². The molecule has 0 spiro atoms. The van der Waals surface area contributed by atoms with Crippen LogP contribution in [0.4, 0.5) is 5.69 Å². The van der Waals surface area contributed by atoms with Gasteiger partial charge in [-0.2, -0.15) is 0 Å². The number of carbonyl (C=O) groups excluding carboxylic acids is 1. The molecule has 0 unspecified atom stereocenters. The summed E-state index contributed by atoms with van der Waals surface area (Å²) in [5.41, 5.74) is 1.44. The van der Waals surface area contributed by atoms with E-state index in [2.05, 4.69) is 10.3 Å². The minimum atomic E-state index is -0.162. The van der Waals surface area contributed by atoms with Crippen LogP contribution in [0.25, 0.3) is 4.96 Å². The van der Waals surface area contributed by atoms with Crippen LogP contribution in [-0.4, -0.2) is 15.3 Å². The van der Waals surface area contributed by atoms with E-state index in [-0.39, 0.29) is 16.9 Å². The van der Waals surface area contributed by atoms with Crippen molar-refractivity contribution in [2.24, 2.45) is 23.2 Å². The summed E-state index contributed by atoms with van der Waals surface area (Å²) in [4.78, 5) is 33.4. The van der Waals surface area contributed by atoms with Crippen molar-refractivity contribution < 1.29 is 4.79 Å². The van der Waals surface area contributed by atoms with E-state index >= 15 is 0 Å². The third kappa shape index (κ3) is 3.59. The molecule has 7 heteroatoms. The summed E-state index contributed by atoms with van der Waals surface area (Å²) in [6.45, 7) is 1.98. The van der Waals surface area contributed by atoms with Gasteiger partial charge in [-0.25, -0.2) is 4.98 Å². The van der Waals surface area contributed by atoms with Crippen LogP contribution >= 0.6 is 23.1 Å². The number of carbonyl (C=O) groups is 1. The van der Waals surface area contributed by atoms with Gasteiger partial charge in [-0.3, -0.25) is 14.0 Å². The van der Waals surface area contributed by atoms with Gasteiger partial charge < -0.3 is 5.32 Å². The van der Waals surface area contributed by atoms with Crippen LogP contribution in [-0.2, 0) is 10.5 Å². The van der Waals surface area contributed by atoms with Crippen molar-refractivity contribution in [1.29, 1.82) is 0 Å². The number of fused-ring (bicyclic) bond motifs is 1. The highest BCUT2D eigenvalue weighted by Gasteiger charge is 2.54. The van der Waals surface area contributed by atoms with Gasteiger partial charge in [0.05, 0.1) is 16.8 Å². The molecule has 4 fully saturated rings. The Morgan fingerprint density at radius 3 is 2.59 bits per heavy atom. The monoisotopic (exact) mass is 465 g/mol. The van der Waals surface area contributed by atoms with Gasteiger partial charge in [-0.15, -0.1) is 23.1 Å². The molecule has 1 N–H and O–H groups in total. The van der Waals surface area contributed by atoms with E-state index in [0.717, 1.165) is 63.1 Å². The van der Waals surface area contributed by atoms with E-state index in [0.29, 0.717) is 5.75 Å². The van der Waals surface area contributed by atoms with Crippen molar-refractivity contribution in [3.8, 4) is 0 Å². The topological polar surface area (TPSA) is 63.5 Å². The van der Waals surface area contributed by atoms with Gasteiger partial charge in [-0.1, -0.05) is 12.1 Å². The standard InChI is InChI=1S/C25H27N3O2S2/c1-15-13-28-22(29)9-19(26-24(28)32-15)14-31-21-5-3-2-4-20(21)27-23(30)25-10-16-6-17(11-25)8-18(7-16)12-25/h2-5,9,13,16-18H,6-8,10-12,14H2,1H3,(H,27,30). The van der Waals surface area contributed by atoms with Crippen molar-refractivity contribution in [2.45, 2.75) is 56.1 Å². The molecule has 0 atom stereocenters. The van der Waals surface area contributed by atoms with Crippen molar-refractivity contribution in [3.63, 3.8) is 0 Å². The molecule has 0 aliphatic heterocycles. The molecule has 2 aromatic heterocycles. The molecule has 2 heterocycles. The highest BCUT2D eigenvalue weighted by molar-refractivity contribution is 7.98. The van der Waals surface area contributed by atoms with Gasteiger partial charge in [0.25, 0.3) is 5.56 Å². The summed E-state index contributed by atoms with van der Waals surface area (Å²) in [5.74, 6) is 3.05. The molecule has 1 aromatic carbocycles. The largest absolute Gasteiger partial charge is 0.325 e. The molecule has 4 aliphatic rings. The first-order valence-corrected chi connectivity index (χ1v) is 13.3. The van der Waals surface area contributed by atoms with Crippen LogP contribution in [0.3, 0.4) is 0 Å². The average molecular weight is 466 g/mol. The fourth-order valence-electron chi connectivity index (χ4n) is 6.62. The SMILES string of the molecule is Cc1cn2c(=O)cc(CSc3ccccc3NC(=O)C34CC5CC(CC(C5)C3)C4)nc2s1. The van der Waals surface area contributed by atoms with Crippen LogP contribution in [0.15, 0.2) is 46.2 Å². The first-order chi connectivity index (χ1) is 15.5. The first-order valence-electron chi connectivity index (χ1n) is 11.5. The number of rotatable bonds is 5. The number of para-hydroxylation sites is 1. The Kier molecular flexibility index (Phi) is 4.95. The van der Waals surface area contributed by atoms with Crippen molar-refractivity contribution in [2.75, 3.05) is 5.32 Å². The summed E-state index contributed by atoms with van der Waals surface area (Å²) in [7, 11) is 0. The Labute approximate surface area is 195 Å². The lowest BCUT2D eigenvalue weighted by atomic mass is 9.49. The normalized spacial score (nSPS) is 28.3. The quantitative estimate of drug-likeness (QED) is 0.505. The summed E-state index contributed by atoms with van der Waals surface area (Å²) in [6, 6.07) is 9.62. The molecule has 32 heavy (non-hydrogen) atoms. The number of aromatic nitrogens is 2.